The van der Waals surface area contributed by atoms with Gasteiger partial charge in [-0.1, -0.05) is 0 Å². The van der Waals surface area contributed by atoms with Gasteiger partial charge in [-0.2, -0.15) is 18.3 Å². The van der Waals surface area contributed by atoms with E-state index in [9.17, 15) is 18.0 Å². The van der Waals surface area contributed by atoms with Crippen LogP contribution in [0.1, 0.15) is 24.1 Å². The molecule has 3 aromatic rings. The van der Waals surface area contributed by atoms with E-state index >= 15 is 0 Å². The van der Waals surface area contributed by atoms with Gasteiger partial charge in [0.1, 0.15) is 5.75 Å². The molecule has 1 fully saturated rings. The summed E-state index contributed by atoms with van der Waals surface area (Å²) < 4.78 is 46.9. The quantitative estimate of drug-likeness (QED) is 0.667. The summed E-state index contributed by atoms with van der Waals surface area (Å²) in [5.41, 5.74) is 0.147. The molecule has 0 bridgehead atoms. The molecule has 0 saturated carbocycles. The number of hydrogen-bond donors (Lipinski definition) is 0. The second-order valence-electron chi connectivity index (χ2n) is 6.92. The lowest BCUT2D eigenvalue weighted by molar-refractivity contribution is -0.142. The summed E-state index contributed by atoms with van der Waals surface area (Å²) in [7, 11) is 1.51. The number of fused-ring (bicyclic) bond motifs is 1. The van der Waals surface area contributed by atoms with Gasteiger partial charge in [0.2, 0.25) is 5.91 Å². The molecule has 9 heteroatoms. The number of ether oxygens (including phenoxy) is 1. The summed E-state index contributed by atoms with van der Waals surface area (Å²) in [6.07, 6.45) is -1.47. The number of carbonyl (C=O) groups is 1. The number of carbonyl (C=O) groups excluding carboxylic acids is 1. The predicted molar refractivity (Wildman–Crippen MR) is 99.5 cm³/mol. The maximum Gasteiger partial charge on any atom is 0.433 e. The van der Waals surface area contributed by atoms with Gasteiger partial charge in [-0.15, -0.1) is 0 Å². The molecule has 1 aromatic carbocycles. The number of nitrogens with zero attached hydrogens (tertiary/aromatic N) is 4. The molecule has 3 heterocycles. The summed E-state index contributed by atoms with van der Waals surface area (Å²) in [5, 5.41) is 3.87. The summed E-state index contributed by atoms with van der Waals surface area (Å²) >= 11 is 0. The molecule has 29 heavy (non-hydrogen) atoms. The Morgan fingerprint density at radius 2 is 1.86 bits per heavy atom. The first-order valence-corrected chi connectivity index (χ1v) is 9.24. The Kier molecular flexibility index (Phi) is 4.89. The third kappa shape index (κ3) is 3.76. The zero-order chi connectivity index (χ0) is 20.6. The Bertz CT molecular complexity index is 1040. The lowest BCUT2D eigenvalue weighted by Crippen LogP contribution is -2.29. The van der Waals surface area contributed by atoms with Crippen molar-refractivity contribution < 1.29 is 22.7 Å². The lowest BCUT2D eigenvalue weighted by Gasteiger charge is -2.15. The van der Waals surface area contributed by atoms with Crippen molar-refractivity contribution in [3.63, 3.8) is 0 Å². The number of hydrogen-bond acceptors (Lipinski definition) is 4. The lowest BCUT2D eigenvalue weighted by atomic mass is 10.1. The van der Waals surface area contributed by atoms with Crippen molar-refractivity contribution in [2.75, 3.05) is 20.2 Å². The highest BCUT2D eigenvalue weighted by Crippen LogP contribution is 2.33. The third-order valence-electron chi connectivity index (χ3n) is 5.02. The fourth-order valence-corrected chi connectivity index (χ4v) is 3.49. The maximum atomic E-state index is 13.7. The fraction of sp³-hybridized carbons (Fsp3) is 0.350. The van der Waals surface area contributed by atoms with Crippen molar-refractivity contribution in [3.8, 4) is 17.0 Å². The van der Waals surface area contributed by atoms with E-state index in [2.05, 4.69) is 10.1 Å². The van der Waals surface area contributed by atoms with Crippen molar-refractivity contribution in [1.82, 2.24) is 19.5 Å². The highest BCUT2D eigenvalue weighted by atomic mass is 19.4. The SMILES string of the molecule is COc1ccc(-c2cc(C(F)(F)F)n3ncc(CC(=O)N4CCCC4)c3n2)cc1. The first kappa shape index (κ1) is 19.2. The number of halogens is 3. The summed E-state index contributed by atoms with van der Waals surface area (Å²) in [6.45, 7) is 1.35. The number of likely N-dealkylation sites (tertiary alicyclic amines) is 1. The van der Waals surface area contributed by atoms with Crippen LogP contribution >= 0.6 is 0 Å². The van der Waals surface area contributed by atoms with Gasteiger partial charge in [-0.3, -0.25) is 4.79 Å². The Balaban J connectivity index is 1.79. The van der Waals surface area contributed by atoms with Gasteiger partial charge in [-0.25, -0.2) is 9.50 Å². The second-order valence-corrected chi connectivity index (χ2v) is 6.92. The zero-order valence-corrected chi connectivity index (χ0v) is 15.7. The molecular formula is C20H19F3N4O2. The Morgan fingerprint density at radius 1 is 1.17 bits per heavy atom. The first-order chi connectivity index (χ1) is 13.9. The molecule has 0 spiro atoms. The molecule has 1 aliphatic rings. The molecule has 1 aliphatic heterocycles. The van der Waals surface area contributed by atoms with Crippen molar-refractivity contribution in [2.45, 2.75) is 25.4 Å². The molecule has 2 aromatic heterocycles. The van der Waals surface area contributed by atoms with Crippen LogP contribution in [0.5, 0.6) is 5.75 Å². The molecule has 4 rings (SSSR count). The minimum absolute atomic E-state index is 0.0279. The van der Waals surface area contributed by atoms with E-state index in [1.165, 1.54) is 13.3 Å². The van der Waals surface area contributed by atoms with Gasteiger partial charge in [0, 0.05) is 24.2 Å². The highest BCUT2D eigenvalue weighted by molar-refractivity contribution is 5.81. The van der Waals surface area contributed by atoms with Gasteiger partial charge in [0.15, 0.2) is 11.3 Å². The largest absolute Gasteiger partial charge is 0.497 e. The zero-order valence-electron chi connectivity index (χ0n) is 15.7. The Labute approximate surface area is 164 Å². The predicted octanol–water partition coefficient (Wildman–Crippen LogP) is 3.59. The van der Waals surface area contributed by atoms with E-state index < -0.39 is 11.9 Å². The van der Waals surface area contributed by atoms with Gasteiger partial charge in [0.25, 0.3) is 0 Å². The van der Waals surface area contributed by atoms with Crippen LogP contribution in [-0.4, -0.2) is 45.6 Å². The van der Waals surface area contributed by atoms with E-state index in [4.69, 9.17) is 4.74 Å². The molecule has 0 radical (unpaired) electrons. The van der Waals surface area contributed by atoms with Crippen LogP contribution in [0.2, 0.25) is 0 Å². The van der Waals surface area contributed by atoms with Crippen molar-refractivity contribution in [3.05, 3.63) is 47.8 Å². The minimum Gasteiger partial charge on any atom is -0.497 e. The van der Waals surface area contributed by atoms with Crippen LogP contribution in [0.15, 0.2) is 36.5 Å². The molecule has 1 saturated heterocycles. The van der Waals surface area contributed by atoms with E-state index in [1.54, 1.807) is 29.2 Å². The number of methoxy groups -OCH3 is 1. The van der Waals surface area contributed by atoms with Crippen LogP contribution in [0.3, 0.4) is 0 Å². The van der Waals surface area contributed by atoms with Gasteiger partial charge in [0.05, 0.1) is 25.4 Å². The molecule has 6 nitrogen and oxygen atoms in total. The molecular weight excluding hydrogens is 385 g/mol. The Morgan fingerprint density at radius 3 is 2.48 bits per heavy atom. The maximum absolute atomic E-state index is 13.7. The number of benzene rings is 1. The molecule has 0 unspecified atom stereocenters. The van der Waals surface area contributed by atoms with Gasteiger partial charge in [-0.05, 0) is 43.2 Å². The van der Waals surface area contributed by atoms with E-state index in [-0.39, 0.29) is 23.7 Å². The van der Waals surface area contributed by atoms with Crippen LogP contribution in [0, 0.1) is 0 Å². The standard InChI is InChI=1S/C20H19F3N4O2/c1-29-15-6-4-13(5-7-15)16-11-17(20(21,22)23)27-19(25-16)14(12-24-27)10-18(28)26-8-2-3-9-26/h4-7,11-12H,2-3,8-10H2,1H3. The second kappa shape index (κ2) is 7.38. The monoisotopic (exact) mass is 404 g/mol. The fourth-order valence-electron chi connectivity index (χ4n) is 3.49. The van der Waals surface area contributed by atoms with Crippen molar-refractivity contribution >= 4 is 11.6 Å². The number of rotatable bonds is 4. The van der Waals surface area contributed by atoms with Gasteiger partial charge >= 0.3 is 6.18 Å². The smallest absolute Gasteiger partial charge is 0.433 e. The topological polar surface area (TPSA) is 59.7 Å². The summed E-state index contributed by atoms with van der Waals surface area (Å²) in [5.74, 6) is 0.467. The molecule has 0 aliphatic carbocycles. The van der Waals surface area contributed by atoms with Crippen molar-refractivity contribution in [2.24, 2.45) is 0 Å². The van der Waals surface area contributed by atoms with Crippen LogP contribution < -0.4 is 4.74 Å². The molecule has 0 atom stereocenters. The Hall–Kier alpha value is -3.10. The molecule has 1 amide bonds. The highest BCUT2D eigenvalue weighted by Gasteiger charge is 2.35. The van der Waals surface area contributed by atoms with Crippen molar-refractivity contribution in [1.29, 1.82) is 0 Å². The number of alkyl halides is 3. The summed E-state index contributed by atoms with van der Waals surface area (Å²) in [6, 6.07) is 7.56. The van der Waals surface area contributed by atoms with E-state index in [0.29, 0.717) is 30.0 Å². The molecule has 0 N–H and O–H groups in total. The first-order valence-electron chi connectivity index (χ1n) is 9.24. The third-order valence-corrected chi connectivity index (χ3v) is 5.02. The van der Waals surface area contributed by atoms with E-state index in [0.717, 1.165) is 23.4 Å². The number of amides is 1. The van der Waals surface area contributed by atoms with E-state index in [1.807, 2.05) is 0 Å². The average molecular weight is 404 g/mol. The van der Waals surface area contributed by atoms with Crippen LogP contribution in [0.4, 0.5) is 13.2 Å². The van der Waals surface area contributed by atoms with Gasteiger partial charge < -0.3 is 9.64 Å². The van der Waals surface area contributed by atoms with Crippen LogP contribution in [-0.2, 0) is 17.4 Å². The minimum atomic E-state index is -4.62. The summed E-state index contributed by atoms with van der Waals surface area (Å²) in [4.78, 5) is 18.6. The van der Waals surface area contributed by atoms with Crippen LogP contribution in [0.25, 0.3) is 16.9 Å². The average Bonchev–Trinajstić information content (AvgIpc) is 3.37. The number of aromatic nitrogens is 3. The normalized spacial score (nSPS) is 14.6. The molecule has 152 valence electrons.